The molecule has 2 atom stereocenters. The van der Waals surface area contributed by atoms with Crippen LogP contribution in [0.15, 0.2) is 18.2 Å². The Bertz CT molecular complexity index is 333. The summed E-state index contributed by atoms with van der Waals surface area (Å²) in [5, 5.41) is 10.1. The molecule has 0 aliphatic heterocycles. The molecule has 2 nitrogen and oxygen atoms in total. The summed E-state index contributed by atoms with van der Waals surface area (Å²) in [6.45, 7) is 8.08. The number of aryl methyl sites for hydroxylation is 2. The Morgan fingerprint density at radius 3 is 2.33 bits per heavy atom. The van der Waals surface area contributed by atoms with Gasteiger partial charge in [0.05, 0.1) is 6.10 Å². The molecule has 2 unspecified atom stereocenters. The van der Waals surface area contributed by atoms with E-state index in [9.17, 15) is 5.11 Å². The monoisotopic (exact) mass is 207 g/mol. The Balaban J connectivity index is 2.99. The molecule has 15 heavy (non-hydrogen) atoms. The van der Waals surface area contributed by atoms with E-state index in [1.54, 1.807) is 0 Å². The largest absolute Gasteiger partial charge is 0.387 e. The zero-order valence-corrected chi connectivity index (χ0v) is 9.99. The molecule has 0 amide bonds. The van der Waals surface area contributed by atoms with Gasteiger partial charge in [0, 0.05) is 6.04 Å². The van der Waals surface area contributed by atoms with Crippen molar-refractivity contribution in [2.45, 2.75) is 39.8 Å². The Hall–Kier alpha value is -0.860. The average molecular weight is 207 g/mol. The maximum Gasteiger partial charge on any atom is 0.0946 e. The highest BCUT2D eigenvalue weighted by molar-refractivity contribution is 5.32. The number of aliphatic hydroxyl groups is 1. The third-order valence-corrected chi connectivity index (χ3v) is 2.89. The van der Waals surface area contributed by atoms with Crippen LogP contribution in [0.1, 0.15) is 36.6 Å². The maximum atomic E-state index is 10.1. The normalized spacial score (nSPS) is 15.4. The highest BCUT2D eigenvalue weighted by atomic mass is 16.3. The third kappa shape index (κ3) is 2.80. The quantitative estimate of drug-likeness (QED) is 0.799. The van der Waals surface area contributed by atoms with E-state index < -0.39 is 6.10 Å². The van der Waals surface area contributed by atoms with Gasteiger partial charge in [-0.25, -0.2) is 0 Å². The summed E-state index contributed by atoms with van der Waals surface area (Å²) in [4.78, 5) is 0. The molecular formula is C13H21NO. The van der Waals surface area contributed by atoms with Crippen LogP contribution in [0.25, 0.3) is 0 Å². The topological polar surface area (TPSA) is 46.2 Å². The van der Waals surface area contributed by atoms with E-state index in [-0.39, 0.29) is 12.0 Å². The van der Waals surface area contributed by atoms with E-state index in [4.69, 9.17) is 5.73 Å². The molecule has 3 N–H and O–H groups in total. The van der Waals surface area contributed by atoms with E-state index in [2.05, 4.69) is 0 Å². The van der Waals surface area contributed by atoms with E-state index in [1.807, 2.05) is 45.9 Å². The van der Waals surface area contributed by atoms with Crippen molar-refractivity contribution in [3.8, 4) is 0 Å². The number of aliphatic hydroxyl groups excluding tert-OH is 1. The van der Waals surface area contributed by atoms with Gasteiger partial charge in [0.25, 0.3) is 0 Å². The molecule has 0 spiro atoms. The Morgan fingerprint density at radius 2 is 1.80 bits per heavy atom. The minimum atomic E-state index is -0.565. The highest BCUT2D eigenvalue weighted by Gasteiger charge is 2.21. The molecule has 0 aliphatic carbocycles. The lowest BCUT2D eigenvalue weighted by atomic mass is 9.91. The SMILES string of the molecule is Cc1ccc(C)c(C(O)C(N)C(C)C)c1. The summed E-state index contributed by atoms with van der Waals surface area (Å²) in [6, 6.07) is 5.89. The number of hydrogen-bond donors (Lipinski definition) is 2. The number of rotatable bonds is 3. The molecule has 0 aromatic heterocycles. The second kappa shape index (κ2) is 4.77. The van der Waals surface area contributed by atoms with E-state index in [0.29, 0.717) is 0 Å². The van der Waals surface area contributed by atoms with Gasteiger partial charge in [0.1, 0.15) is 0 Å². The molecule has 0 aliphatic rings. The van der Waals surface area contributed by atoms with Crippen molar-refractivity contribution >= 4 is 0 Å². The summed E-state index contributed by atoms with van der Waals surface area (Å²) in [5.41, 5.74) is 9.17. The van der Waals surface area contributed by atoms with Crippen molar-refractivity contribution in [2.24, 2.45) is 11.7 Å². The van der Waals surface area contributed by atoms with Crippen molar-refractivity contribution in [3.63, 3.8) is 0 Å². The van der Waals surface area contributed by atoms with Crippen LogP contribution in [0.2, 0.25) is 0 Å². The minimum Gasteiger partial charge on any atom is -0.387 e. The fraction of sp³-hybridized carbons (Fsp3) is 0.538. The fourth-order valence-electron chi connectivity index (χ4n) is 1.65. The number of nitrogens with two attached hydrogens (primary N) is 1. The lowest BCUT2D eigenvalue weighted by Gasteiger charge is -2.24. The van der Waals surface area contributed by atoms with E-state index >= 15 is 0 Å². The zero-order chi connectivity index (χ0) is 11.6. The van der Waals surface area contributed by atoms with Gasteiger partial charge in [-0.1, -0.05) is 37.6 Å². The van der Waals surface area contributed by atoms with Crippen LogP contribution in [0, 0.1) is 19.8 Å². The van der Waals surface area contributed by atoms with Crippen LogP contribution < -0.4 is 5.73 Å². The first-order chi connectivity index (χ1) is 6.93. The van der Waals surface area contributed by atoms with Gasteiger partial charge in [-0.15, -0.1) is 0 Å². The first-order valence-electron chi connectivity index (χ1n) is 5.44. The number of hydrogen-bond acceptors (Lipinski definition) is 2. The predicted molar refractivity (Wildman–Crippen MR) is 63.7 cm³/mol. The van der Waals surface area contributed by atoms with Crippen molar-refractivity contribution in [3.05, 3.63) is 34.9 Å². The molecule has 0 bridgehead atoms. The standard InChI is InChI=1S/C13H21NO/c1-8(2)12(14)13(15)11-7-9(3)5-6-10(11)4/h5-8,12-13,15H,14H2,1-4H3. The van der Waals surface area contributed by atoms with Crippen LogP contribution >= 0.6 is 0 Å². The van der Waals surface area contributed by atoms with Crippen LogP contribution in [-0.2, 0) is 0 Å². The lowest BCUT2D eigenvalue weighted by molar-refractivity contribution is 0.125. The van der Waals surface area contributed by atoms with Crippen LogP contribution in [0.3, 0.4) is 0 Å². The molecule has 0 heterocycles. The first kappa shape index (κ1) is 12.2. The molecule has 0 radical (unpaired) electrons. The van der Waals surface area contributed by atoms with Gasteiger partial charge in [0.15, 0.2) is 0 Å². The van der Waals surface area contributed by atoms with E-state index in [0.717, 1.165) is 16.7 Å². The molecule has 0 fully saturated rings. The van der Waals surface area contributed by atoms with Gasteiger partial charge >= 0.3 is 0 Å². The Labute approximate surface area is 92.1 Å². The van der Waals surface area contributed by atoms with E-state index in [1.165, 1.54) is 0 Å². The maximum absolute atomic E-state index is 10.1. The van der Waals surface area contributed by atoms with Gasteiger partial charge in [-0.05, 0) is 30.9 Å². The van der Waals surface area contributed by atoms with Crippen LogP contribution in [-0.4, -0.2) is 11.1 Å². The Morgan fingerprint density at radius 1 is 1.20 bits per heavy atom. The lowest BCUT2D eigenvalue weighted by Crippen LogP contribution is -2.33. The smallest absolute Gasteiger partial charge is 0.0946 e. The van der Waals surface area contributed by atoms with Crippen molar-refractivity contribution in [1.29, 1.82) is 0 Å². The molecule has 0 saturated heterocycles. The van der Waals surface area contributed by atoms with Gasteiger partial charge in [-0.2, -0.15) is 0 Å². The molecule has 1 rings (SSSR count). The number of benzene rings is 1. The molecule has 2 heteroatoms. The summed E-state index contributed by atoms with van der Waals surface area (Å²) >= 11 is 0. The predicted octanol–water partition coefficient (Wildman–Crippen LogP) is 2.32. The molecule has 1 aromatic carbocycles. The minimum absolute atomic E-state index is 0.203. The zero-order valence-electron chi connectivity index (χ0n) is 9.99. The van der Waals surface area contributed by atoms with Gasteiger partial charge in [0.2, 0.25) is 0 Å². The van der Waals surface area contributed by atoms with Crippen molar-refractivity contribution < 1.29 is 5.11 Å². The summed E-state index contributed by atoms with van der Waals surface area (Å²) < 4.78 is 0. The van der Waals surface area contributed by atoms with Gasteiger partial charge < -0.3 is 10.8 Å². The van der Waals surface area contributed by atoms with Crippen molar-refractivity contribution in [1.82, 2.24) is 0 Å². The highest BCUT2D eigenvalue weighted by Crippen LogP contribution is 2.24. The molecule has 84 valence electrons. The molecule has 0 saturated carbocycles. The summed E-state index contributed by atoms with van der Waals surface area (Å²) in [7, 11) is 0. The van der Waals surface area contributed by atoms with Crippen molar-refractivity contribution in [2.75, 3.05) is 0 Å². The first-order valence-corrected chi connectivity index (χ1v) is 5.44. The van der Waals surface area contributed by atoms with Crippen LogP contribution in [0.4, 0.5) is 0 Å². The molecular weight excluding hydrogens is 186 g/mol. The van der Waals surface area contributed by atoms with Crippen LogP contribution in [0.5, 0.6) is 0 Å². The third-order valence-electron chi connectivity index (χ3n) is 2.89. The average Bonchev–Trinajstić information content (AvgIpc) is 2.19. The molecule has 1 aromatic rings. The Kier molecular flexibility index (Phi) is 3.89. The van der Waals surface area contributed by atoms with Gasteiger partial charge in [-0.3, -0.25) is 0 Å². The second-order valence-corrected chi connectivity index (χ2v) is 4.63. The summed E-state index contributed by atoms with van der Waals surface area (Å²) in [6.07, 6.45) is -0.565. The fourth-order valence-corrected chi connectivity index (χ4v) is 1.65. The second-order valence-electron chi connectivity index (χ2n) is 4.63. The summed E-state index contributed by atoms with van der Waals surface area (Å²) in [5.74, 6) is 0.278.